The van der Waals surface area contributed by atoms with Gasteiger partial charge in [0, 0.05) is 25.7 Å². The number of rotatable bonds is 1. The van der Waals surface area contributed by atoms with Gasteiger partial charge in [0.2, 0.25) is 0 Å². The number of halogens is 2. The molecule has 1 fully saturated rings. The van der Waals surface area contributed by atoms with E-state index < -0.39 is 0 Å². The topological polar surface area (TPSA) is 44.3 Å². The molecule has 0 spiro atoms. The van der Waals surface area contributed by atoms with E-state index in [0.717, 1.165) is 28.6 Å². The van der Waals surface area contributed by atoms with Crippen molar-refractivity contribution in [3.63, 3.8) is 0 Å². The summed E-state index contributed by atoms with van der Waals surface area (Å²) in [5.41, 5.74) is 1.17. The summed E-state index contributed by atoms with van der Waals surface area (Å²) in [7, 11) is 0. The lowest BCUT2D eigenvalue weighted by atomic mass is 10.1. The third-order valence-electron chi connectivity index (χ3n) is 2.48. The van der Waals surface area contributed by atoms with Crippen molar-refractivity contribution in [2.45, 2.75) is 6.04 Å². The highest BCUT2D eigenvalue weighted by atomic mass is 79.9. The van der Waals surface area contributed by atoms with Crippen molar-refractivity contribution >= 4 is 31.9 Å². The van der Waals surface area contributed by atoms with E-state index in [1.165, 1.54) is 5.56 Å². The summed E-state index contributed by atoms with van der Waals surface area (Å²) in [5, 5.41) is 16.4. The first-order valence-corrected chi connectivity index (χ1v) is 6.39. The fraction of sp³-hybridized carbons (Fsp3) is 0.400. The van der Waals surface area contributed by atoms with Crippen LogP contribution >= 0.6 is 31.9 Å². The van der Waals surface area contributed by atoms with E-state index >= 15 is 0 Å². The molecule has 1 aromatic rings. The minimum absolute atomic E-state index is 0.252. The van der Waals surface area contributed by atoms with Crippen LogP contribution in [0.4, 0.5) is 0 Å². The van der Waals surface area contributed by atoms with Gasteiger partial charge in [-0.15, -0.1) is 0 Å². The van der Waals surface area contributed by atoms with Crippen LogP contribution in [0.3, 0.4) is 0 Å². The zero-order valence-corrected chi connectivity index (χ0v) is 11.2. The lowest BCUT2D eigenvalue weighted by Gasteiger charge is -2.25. The maximum Gasteiger partial charge on any atom is 0.143 e. The first-order valence-electron chi connectivity index (χ1n) is 4.80. The Labute approximate surface area is 106 Å². The molecule has 1 aliphatic heterocycles. The average molecular weight is 336 g/mol. The van der Waals surface area contributed by atoms with E-state index in [-0.39, 0.29) is 5.75 Å². The molecule has 1 saturated heterocycles. The number of hydrogen-bond donors (Lipinski definition) is 3. The predicted octanol–water partition coefficient (Wildman–Crippen LogP) is 2.15. The van der Waals surface area contributed by atoms with Crippen molar-refractivity contribution in [1.29, 1.82) is 0 Å². The highest BCUT2D eigenvalue weighted by Gasteiger charge is 2.16. The molecule has 1 aromatic carbocycles. The summed E-state index contributed by atoms with van der Waals surface area (Å²) < 4.78 is 1.44. The molecule has 1 aliphatic rings. The molecule has 1 heterocycles. The molecule has 3 nitrogen and oxygen atoms in total. The van der Waals surface area contributed by atoms with Gasteiger partial charge in [0.15, 0.2) is 0 Å². The zero-order chi connectivity index (χ0) is 10.8. The lowest BCUT2D eigenvalue weighted by Crippen LogP contribution is -2.42. The molecule has 0 unspecified atom stereocenters. The van der Waals surface area contributed by atoms with Crippen LogP contribution in [-0.4, -0.2) is 24.7 Å². The Morgan fingerprint density at radius 1 is 1.20 bits per heavy atom. The van der Waals surface area contributed by atoms with Gasteiger partial charge >= 0.3 is 0 Å². The second-order valence-electron chi connectivity index (χ2n) is 3.54. The van der Waals surface area contributed by atoms with E-state index in [0.29, 0.717) is 6.04 Å². The Hall–Kier alpha value is -0.100. The van der Waals surface area contributed by atoms with Crippen molar-refractivity contribution < 1.29 is 5.11 Å². The quantitative estimate of drug-likeness (QED) is 0.737. The fourth-order valence-corrected chi connectivity index (χ4v) is 2.90. The Balaban J connectivity index is 2.27. The number of hydrogen-bond acceptors (Lipinski definition) is 3. The third-order valence-corrected chi connectivity index (χ3v) is 3.69. The van der Waals surface area contributed by atoms with Crippen LogP contribution in [0.1, 0.15) is 11.6 Å². The van der Waals surface area contributed by atoms with Crippen LogP contribution in [0.15, 0.2) is 21.1 Å². The van der Waals surface area contributed by atoms with Crippen molar-refractivity contribution in [3.8, 4) is 5.75 Å². The molecule has 0 bridgehead atoms. The smallest absolute Gasteiger partial charge is 0.143 e. The van der Waals surface area contributed by atoms with Gasteiger partial charge in [-0.3, -0.25) is 0 Å². The fourth-order valence-electron chi connectivity index (χ4n) is 1.68. The molecule has 3 N–H and O–H groups in total. The van der Waals surface area contributed by atoms with Gasteiger partial charge in [-0.2, -0.15) is 0 Å². The second kappa shape index (κ2) is 4.82. The van der Waals surface area contributed by atoms with Crippen molar-refractivity contribution in [2.75, 3.05) is 19.6 Å². The summed E-state index contributed by atoms with van der Waals surface area (Å²) in [6.45, 7) is 2.90. The van der Waals surface area contributed by atoms with Crippen LogP contribution in [0.5, 0.6) is 5.75 Å². The van der Waals surface area contributed by atoms with E-state index in [2.05, 4.69) is 42.5 Å². The molecule has 1 atom stereocenters. The summed E-state index contributed by atoms with van der Waals surface area (Å²) in [4.78, 5) is 0. The van der Waals surface area contributed by atoms with Crippen molar-refractivity contribution in [3.05, 3.63) is 26.6 Å². The molecule has 0 amide bonds. The summed E-state index contributed by atoms with van der Waals surface area (Å²) in [6.07, 6.45) is 0. The van der Waals surface area contributed by atoms with Crippen LogP contribution in [0, 0.1) is 0 Å². The van der Waals surface area contributed by atoms with Gasteiger partial charge in [-0.1, -0.05) is 0 Å². The number of aromatic hydroxyl groups is 1. The van der Waals surface area contributed by atoms with E-state index in [4.69, 9.17) is 0 Å². The number of benzene rings is 1. The molecule has 5 heteroatoms. The molecule has 0 aliphatic carbocycles. The monoisotopic (exact) mass is 334 g/mol. The number of phenols is 1. The summed E-state index contributed by atoms with van der Waals surface area (Å²) in [6, 6.07) is 4.21. The normalized spacial score (nSPS) is 21.6. The minimum atomic E-state index is 0.252. The van der Waals surface area contributed by atoms with Crippen LogP contribution in [0.2, 0.25) is 0 Å². The number of phenolic OH excluding ortho intramolecular Hbond substituents is 1. The highest BCUT2D eigenvalue weighted by molar-refractivity contribution is 9.11. The average Bonchev–Trinajstić information content (AvgIpc) is 2.26. The SMILES string of the molecule is Oc1c(Br)cc([C@@H]2CNCCN2)cc1Br. The lowest BCUT2D eigenvalue weighted by molar-refractivity contribution is 0.428. The zero-order valence-electron chi connectivity index (χ0n) is 8.06. The Kier molecular flexibility index (Phi) is 3.66. The molecular formula is C10H12Br2N2O. The van der Waals surface area contributed by atoms with Gasteiger partial charge in [0.25, 0.3) is 0 Å². The van der Waals surface area contributed by atoms with Gasteiger partial charge < -0.3 is 15.7 Å². The number of piperazine rings is 1. The largest absolute Gasteiger partial charge is 0.506 e. The van der Waals surface area contributed by atoms with Gasteiger partial charge in [0.05, 0.1) is 8.95 Å². The number of nitrogens with one attached hydrogen (secondary N) is 2. The predicted molar refractivity (Wildman–Crippen MR) is 67.1 cm³/mol. The minimum Gasteiger partial charge on any atom is -0.506 e. The van der Waals surface area contributed by atoms with Crippen molar-refractivity contribution in [2.24, 2.45) is 0 Å². The Morgan fingerprint density at radius 2 is 1.87 bits per heavy atom. The Morgan fingerprint density at radius 3 is 2.40 bits per heavy atom. The van der Waals surface area contributed by atoms with Crippen LogP contribution < -0.4 is 10.6 Å². The third kappa shape index (κ3) is 2.53. The van der Waals surface area contributed by atoms with Crippen molar-refractivity contribution in [1.82, 2.24) is 10.6 Å². The van der Waals surface area contributed by atoms with E-state index in [1.54, 1.807) is 0 Å². The van der Waals surface area contributed by atoms with Crippen LogP contribution in [-0.2, 0) is 0 Å². The maximum absolute atomic E-state index is 9.60. The molecule has 15 heavy (non-hydrogen) atoms. The Bertz CT molecular complexity index is 341. The summed E-state index contributed by atoms with van der Waals surface area (Å²) in [5.74, 6) is 0.252. The first kappa shape index (κ1) is 11.4. The molecule has 0 aromatic heterocycles. The summed E-state index contributed by atoms with van der Waals surface area (Å²) >= 11 is 6.67. The second-order valence-corrected chi connectivity index (χ2v) is 5.25. The molecular weight excluding hydrogens is 324 g/mol. The van der Waals surface area contributed by atoms with E-state index in [1.807, 2.05) is 12.1 Å². The molecule has 82 valence electrons. The maximum atomic E-state index is 9.60. The van der Waals surface area contributed by atoms with E-state index in [9.17, 15) is 5.11 Å². The van der Waals surface area contributed by atoms with Gasteiger partial charge in [0.1, 0.15) is 5.75 Å². The highest BCUT2D eigenvalue weighted by Crippen LogP contribution is 2.35. The molecule has 2 rings (SSSR count). The first-order chi connectivity index (χ1) is 7.18. The van der Waals surface area contributed by atoms with Gasteiger partial charge in [-0.05, 0) is 49.6 Å². The molecule has 0 radical (unpaired) electrons. The standard InChI is InChI=1S/C10H12Br2N2O/c11-7-3-6(4-8(12)10(7)15)9-5-13-1-2-14-9/h3-4,9,13-15H,1-2,5H2/t9-/m0/s1. The molecule has 0 saturated carbocycles. The van der Waals surface area contributed by atoms with Gasteiger partial charge in [-0.25, -0.2) is 0 Å². The van der Waals surface area contributed by atoms with Crippen LogP contribution in [0.25, 0.3) is 0 Å².